The molecule has 2 aliphatic heterocycles. The first-order chi connectivity index (χ1) is 31.5. The molecule has 12 N–H and O–H groups in total. The Bertz CT molecular complexity index is 2920. The van der Waals surface area contributed by atoms with Gasteiger partial charge in [0, 0.05) is 63.3 Å². The van der Waals surface area contributed by atoms with Crippen LogP contribution in [-0.2, 0) is 9.59 Å². The molecule has 19 nitrogen and oxygen atoms in total. The lowest BCUT2D eigenvalue weighted by Crippen LogP contribution is -2.27. The average molecular weight is 917 g/mol. The number of carbonyl (C=O) groups is 6. The van der Waals surface area contributed by atoms with Crippen LogP contribution in [0.2, 0.25) is 0 Å². The first kappa shape index (κ1) is 46.1. The van der Waals surface area contributed by atoms with Crippen molar-refractivity contribution in [2.24, 2.45) is 22.0 Å². The quantitative estimate of drug-likeness (QED) is 0.0840. The second-order valence-electron chi connectivity index (χ2n) is 15.7. The van der Waals surface area contributed by atoms with Crippen LogP contribution in [0.3, 0.4) is 0 Å². The molecule has 2 aliphatic carbocycles. The summed E-state index contributed by atoms with van der Waals surface area (Å²) in [5, 5.41) is 43.3. The summed E-state index contributed by atoms with van der Waals surface area (Å²) >= 11 is 0. The lowest BCUT2D eigenvalue weighted by atomic mass is 10.0. The molecule has 0 unspecified atom stereocenters. The number of hydrazone groups is 2. The predicted octanol–water partition coefficient (Wildman–Crippen LogP) is 3.56. The summed E-state index contributed by atoms with van der Waals surface area (Å²) < 4.78 is 0. The molecule has 2 saturated carbocycles. The summed E-state index contributed by atoms with van der Waals surface area (Å²) in [6.07, 6.45) is 4.41. The van der Waals surface area contributed by atoms with Gasteiger partial charge in [0.2, 0.25) is 5.91 Å². The molecule has 340 valence electrons. The summed E-state index contributed by atoms with van der Waals surface area (Å²) in [5.74, 6) is -2.20. The molecule has 0 bridgehead atoms. The van der Waals surface area contributed by atoms with E-state index >= 15 is 0 Å². The number of nitrogens with two attached hydrogens (primary N) is 1. The van der Waals surface area contributed by atoms with Crippen LogP contribution in [0, 0.1) is 11.8 Å². The number of aliphatic hydroxyl groups excluding tert-OH is 2. The summed E-state index contributed by atoms with van der Waals surface area (Å²) in [4.78, 5) is 78.5. The van der Waals surface area contributed by atoms with Crippen LogP contribution in [0.5, 0.6) is 0 Å². The Morgan fingerprint density at radius 1 is 0.667 bits per heavy atom. The van der Waals surface area contributed by atoms with Gasteiger partial charge in [-0.25, -0.2) is 10.9 Å². The predicted molar refractivity (Wildman–Crippen MR) is 248 cm³/mol. The molecule has 4 aromatic carbocycles. The molecule has 4 heterocycles. The van der Waals surface area contributed by atoms with Gasteiger partial charge >= 0.3 is 5.97 Å². The number of carbonyl (C=O) groups excluding carboxylic acids is 5. The number of nitrogens with zero attached hydrogens (tertiary/aromatic N) is 2. The lowest BCUT2D eigenvalue weighted by Gasteiger charge is -2.08. The highest BCUT2D eigenvalue weighted by atomic mass is 35.5. The lowest BCUT2D eigenvalue weighted by molar-refractivity contribution is -0.138. The van der Waals surface area contributed by atoms with Crippen molar-refractivity contribution in [3.63, 3.8) is 0 Å². The highest BCUT2D eigenvalue weighted by molar-refractivity contribution is 6.21. The van der Waals surface area contributed by atoms with Gasteiger partial charge in [0.15, 0.2) is 0 Å². The summed E-state index contributed by atoms with van der Waals surface area (Å²) in [7, 11) is 0. The van der Waals surface area contributed by atoms with Crippen LogP contribution < -0.4 is 32.5 Å². The topological polar surface area (TPSA) is 306 Å². The summed E-state index contributed by atoms with van der Waals surface area (Å²) in [6, 6.07) is 26.2. The van der Waals surface area contributed by atoms with Gasteiger partial charge in [-0.2, -0.15) is 10.2 Å². The van der Waals surface area contributed by atoms with E-state index in [0.29, 0.717) is 55.4 Å². The number of nitrogen functional groups attached to an aromatic ring is 1. The molecule has 5 amide bonds. The molecular weight excluding hydrogens is 872 g/mol. The number of hydrogen-bond acceptors (Lipinski definition) is 11. The number of aromatic nitrogens is 2. The Morgan fingerprint density at radius 3 is 1.62 bits per heavy atom. The van der Waals surface area contributed by atoms with E-state index in [1.807, 2.05) is 60.7 Å². The van der Waals surface area contributed by atoms with Crippen molar-refractivity contribution in [3.05, 3.63) is 130 Å². The number of aliphatic carboxylic acids is 1. The maximum atomic E-state index is 12.8. The van der Waals surface area contributed by atoms with Gasteiger partial charge in [-0.15, -0.1) is 12.4 Å². The first-order valence-corrected chi connectivity index (χ1v) is 20.7. The van der Waals surface area contributed by atoms with Crippen LogP contribution in [0.15, 0.2) is 95.1 Å². The molecule has 0 saturated heterocycles. The van der Waals surface area contributed by atoms with E-state index < -0.39 is 17.8 Å². The number of benzene rings is 4. The zero-order valence-electron chi connectivity index (χ0n) is 35.0. The number of aliphatic hydroxyl groups is 2. The minimum atomic E-state index is -0.663. The van der Waals surface area contributed by atoms with Crippen molar-refractivity contribution in [1.29, 1.82) is 0 Å². The van der Waals surface area contributed by atoms with Crippen LogP contribution in [0.4, 0.5) is 11.4 Å². The SMILES string of the molecule is Cl.Nc1cc2c3c(c(C(=O)NCCO)[nH]c3c1)C=NNC2=O.O=C(NCCO)c1[nH]c2cc(NC(=O)[C@@H]3C[C@H]3c3ccccc3)cc3c2c1C=NNC3=O.O=C(O)[C@@H]1C[C@H]1c1ccccc1. The number of amides is 5. The molecule has 0 radical (unpaired) electrons. The van der Waals surface area contributed by atoms with Crippen LogP contribution in [0.25, 0.3) is 21.8 Å². The fourth-order valence-electron chi connectivity index (χ4n) is 8.06. The van der Waals surface area contributed by atoms with Crippen LogP contribution in [-0.4, -0.2) is 99.5 Å². The Kier molecular flexibility index (Phi) is 13.9. The normalized spacial score (nSPS) is 18.1. The van der Waals surface area contributed by atoms with Gasteiger partial charge in [0.25, 0.3) is 23.6 Å². The third kappa shape index (κ3) is 9.77. The molecule has 6 aromatic rings. The molecular formula is C46H45ClN10O9. The number of aromatic amines is 2. The van der Waals surface area contributed by atoms with Crippen molar-refractivity contribution < 1.29 is 44.1 Å². The smallest absolute Gasteiger partial charge is 0.307 e. The Morgan fingerprint density at radius 2 is 1.14 bits per heavy atom. The number of rotatable bonds is 11. The fraction of sp³-hybridized carbons (Fsp3) is 0.217. The van der Waals surface area contributed by atoms with Crippen molar-refractivity contribution in [2.45, 2.75) is 24.7 Å². The molecule has 0 spiro atoms. The Hall–Kier alpha value is -7.87. The molecule has 2 fully saturated rings. The summed E-state index contributed by atoms with van der Waals surface area (Å²) in [6.45, 7) is -0.118. The van der Waals surface area contributed by atoms with Gasteiger partial charge in [0.1, 0.15) is 11.4 Å². The van der Waals surface area contributed by atoms with E-state index in [4.69, 9.17) is 21.1 Å². The van der Waals surface area contributed by atoms with E-state index in [1.54, 1.807) is 24.3 Å². The van der Waals surface area contributed by atoms with E-state index in [9.17, 15) is 28.8 Å². The van der Waals surface area contributed by atoms with E-state index in [0.717, 1.165) is 24.0 Å². The number of hydrogen-bond donors (Lipinski definition) is 11. The molecule has 66 heavy (non-hydrogen) atoms. The number of carboxylic acid groups (broad SMARTS) is 1. The van der Waals surface area contributed by atoms with E-state index in [-0.39, 0.29) is 91.5 Å². The van der Waals surface area contributed by atoms with E-state index in [1.165, 1.54) is 12.4 Å². The van der Waals surface area contributed by atoms with Gasteiger partial charge in [-0.05, 0) is 60.1 Å². The van der Waals surface area contributed by atoms with Gasteiger partial charge in [-0.1, -0.05) is 60.7 Å². The largest absolute Gasteiger partial charge is 0.481 e. The van der Waals surface area contributed by atoms with Gasteiger partial charge in [0.05, 0.1) is 42.7 Å². The maximum Gasteiger partial charge on any atom is 0.307 e. The highest BCUT2D eigenvalue weighted by Gasteiger charge is 2.44. The highest BCUT2D eigenvalue weighted by Crippen LogP contribution is 2.48. The molecule has 20 heteroatoms. The molecule has 4 atom stereocenters. The second kappa shape index (κ2) is 19.9. The zero-order valence-corrected chi connectivity index (χ0v) is 35.8. The molecule has 10 rings (SSSR count). The van der Waals surface area contributed by atoms with Crippen LogP contribution in [0.1, 0.15) is 88.6 Å². The van der Waals surface area contributed by atoms with Gasteiger partial charge < -0.3 is 47.0 Å². The van der Waals surface area contributed by atoms with Gasteiger partial charge in [-0.3, -0.25) is 28.8 Å². The third-order valence-corrected chi connectivity index (χ3v) is 11.3. The number of carboxylic acids is 1. The number of nitrogens with one attached hydrogen (secondary N) is 7. The van der Waals surface area contributed by atoms with Crippen molar-refractivity contribution in [2.75, 3.05) is 37.4 Å². The van der Waals surface area contributed by atoms with Crippen molar-refractivity contribution >= 4 is 93.5 Å². The standard InChI is InChI=1S/C23H21N5O4.C13H13N5O3.C10H10O2.ClH/c29-7-6-24-23(32)20-17-11-25-28-22(31)16-8-13(9-18(27-20)19(16)17)26-21(30)15-10-14(15)12-4-2-1-3-5-12;14-6-3-7-10-8(5-16-18-12(7)20)11(17-9(10)4-6)13(21)15-1-2-19;11-10(12)9-6-8(9)7-4-2-1-3-5-7;/h1-5,8-9,11,14-15,27,29H,6-7,10H2,(H,24,32)(H,26,30)(H,28,31);3-5,17,19H,1-2,14H2,(H,15,21)(H,18,20);1-5,8-9H,6H2,(H,11,12);1H/t14-,15+;;8-,9+;/m0.0./s1. The van der Waals surface area contributed by atoms with E-state index in [2.05, 4.69) is 47.0 Å². The average Bonchev–Trinajstić information content (AvgIpc) is 4.24. The third-order valence-electron chi connectivity index (χ3n) is 11.3. The molecule has 2 aromatic heterocycles. The number of anilines is 2. The van der Waals surface area contributed by atoms with Crippen molar-refractivity contribution in [3.8, 4) is 0 Å². The number of halogens is 1. The van der Waals surface area contributed by atoms with Crippen LogP contribution >= 0.6 is 12.4 Å². The summed E-state index contributed by atoms with van der Waals surface area (Å²) in [5.41, 5.74) is 17.0. The zero-order chi connectivity index (χ0) is 45.8. The maximum absolute atomic E-state index is 12.8. The van der Waals surface area contributed by atoms with Crippen molar-refractivity contribution in [1.82, 2.24) is 31.5 Å². The Balaban J connectivity index is 0.000000163. The monoisotopic (exact) mass is 916 g/mol. The first-order valence-electron chi connectivity index (χ1n) is 20.7. The fourth-order valence-corrected chi connectivity index (χ4v) is 8.06. The molecule has 4 aliphatic rings. The minimum absolute atomic E-state index is 0. The Labute approximate surface area is 381 Å². The second-order valence-corrected chi connectivity index (χ2v) is 15.7. The number of H-pyrrole nitrogens is 2. The minimum Gasteiger partial charge on any atom is -0.481 e.